The highest BCUT2D eigenvalue weighted by atomic mass is 35.5. The van der Waals surface area contributed by atoms with Gasteiger partial charge >= 0.3 is 5.97 Å². The Bertz CT molecular complexity index is 773. The first kappa shape index (κ1) is 17.9. The fraction of sp³-hybridized carbons (Fsp3) is 0.333. The van der Waals surface area contributed by atoms with Gasteiger partial charge in [0, 0.05) is 5.02 Å². The normalized spacial score (nSPS) is 13.3. The average Bonchev–Trinajstić information content (AvgIpc) is 2.96. The zero-order valence-electron chi connectivity index (χ0n) is 13.2. The third kappa shape index (κ3) is 3.72. The molecule has 2 aromatic rings. The van der Waals surface area contributed by atoms with Gasteiger partial charge in [-0.1, -0.05) is 29.8 Å². The molecular formula is C15H17ClN4O4. The molecule has 0 saturated heterocycles. The van der Waals surface area contributed by atoms with Crippen molar-refractivity contribution in [3.63, 3.8) is 0 Å². The lowest BCUT2D eigenvalue weighted by atomic mass is 10.1. The van der Waals surface area contributed by atoms with Gasteiger partial charge in [0.05, 0.1) is 17.9 Å². The first-order chi connectivity index (χ1) is 11.3. The minimum absolute atomic E-state index is 0.0682. The number of nitrogens with one attached hydrogen (secondary N) is 1. The number of benzene rings is 1. The molecule has 128 valence electrons. The van der Waals surface area contributed by atoms with Crippen molar-refractivity contribution in [3.8, 4) is 5.69 Å². The van der Waals surface area contributed by atoms with Gasteiger partial charge in [-0.3, -0.25) is 4.79 Å². The van der Waals surface area contributed by atoms with Crippen molar-refractivity contribution in [2.24, 2.45) is 0 Å². The molecule has 1 heterocycles. The fourth-order valence-electron chi connectivity index (χ4n) is 2.02. The van der Waals surface area contributed by atoms with Crippen LogP contribution in [0.15, 0.2) is 24.3 Å². The SMILES string of the molecule is CCc1c(C(=O)NCC(C)(O)C(=O)O)nnn1-c1cccc(Cl)c1. The maximum atomic E-state index is 12.2. The topological polar surface area (TPSA) is 117 Å². The quantitative estimate of drug-likeness (QED) is 0.715. The van der Waals surface area contributed by atoms with E-state index in [1.807, 2.05) is 6.92 Å². The number of amides is 1. The second-order valence-corrected chi connectivity index (χ2v) is 5.83. The van der Waals surface area contributed by atoms with Gasteiger partial charge in [-0.05, 0) is 31.5 Å². The van der Waals surface area contributed by atoms with Crippen LogP contribution in [0, 0.1) is 0 Å². The second kappa shape index (κ2) is 6.98. The number of aromatic nitrogens is 3. The molecule has 0 aliphatic heterocycles. The number of carbonyl (C=O) groups is 2. The summed E-state index contributed by atoms with van der Waals surface area (Å²) in [7, 11) is 0. The number of aliphatic carboxylic acids is 1. The van der Waals surface area contributed by atoms with E-state index in [9.17, 15) is 14.7 Å². The van der Waals surface area contributed by atoms with E-state index in [0.717, 1.165) is 6.92 Å². The number of hydrogen-bond donors (Lipinski definition) is 3. The van der Waals surface area contributed by atoms with Crippen LogP contribution in [0.2, 0.25) is 5.02 Å². The van der Waals surface area contributed by atoms with Crippen LogP contribution in [0.5, 0.6) is 0 Å². The van der Waals surface area contributed by atoms with Gasteiger partial charge in [-0.25, -0.2) is 9.48 Å². The molecule has 0 fully saturated rings. The Morgan fingerprint density at radius 3 is 2.71 bits per heavy atom. The van der Waals surface area contributed by atoms with Gasteiger partial charge < -0.3 is 15.5 Å². The van der Waals surface area contributed by atoms with E-state index in [1.165, 1.54) is 4.68 Å². The minimum Gasteiger partial charge on any atom is -0.479 e. The lowest BCUT2D eigenvalue weighted by Crippen LogP contribution is -2.46. The largest absolute Gasteiger partial charge is 0.479 e. The van der Waals surface area contributed by atoms with Crippen molar-refractivity contribution in [3.05, 3.63) is 40.7 Å². The van der Waals surface area contributed by atoms with E-state index >= 15 is 0 Å². The zero-order valence-corrected chi connectivity index (χ0v) is 13.9. The number of rotatable bonds is 6. The van der Waals surface area contributed by atoms with Gasteiger partial charge in [0.2, 0.25) is 0 Å². The highest BCUT2D eigenvalue weighted by molar-refractivity contribution is 6.30. The van der Waals surface area contributed by atoms with E-state index in [-0.39, 0.29) is 5.69 Å². The summed E-state index contributed by atoms with van der Waals surface area (Å²) >= 11 is 5.96. The van der Waals surface area contributed by atoms with Crippen molar-refractivity contribution in [2.45, 2.75) is 25.9 Å². The molecule has 0 bridgehead atoms. The van der Waals surface area contributed by atoms with Gasteiger partial charge in [0.15, 0.2) is 11.3 Å². The molecule has 1 aromatic carbocycles. The van der Waals surface area contributed by atoms with Crippen LogP contribution in [0.3, 0.4) is 0 Å². The van der Waals surface area contributed by atoms with E-state index in [0.29, 0.717) is 22.8 Å². The van der Waals surface area contributed by atoms with Crippen LogP contribution in [-0.2, 0) is 11.2 Å². The molecule has 3 N–H and O–H groups in total. The molecule has 1 amide bonds. The molecule has 1 unspecified atom stereocenters. The molecule has 0 saturated carbocycles. The van der Waals surface area contributed by atoms with Crippen molar-refractivity contribution in [1.29, 1.82) is 0 Å². The molecular weight excluding hydrogens is 336 g/mol. The maximum Gasteiger partial charge on any atom is 0.337 e. The predicted molar refractivity (Wildman–Crippen MR) is 86.3 cm³/mol. The number of carboxylic acid groups (broad SMARTS) is 1. The van der Waals surface area contributed by atoms with Crippen molar-refractivity contribution < 1.29 is 19.8 Å². The summed E-state index contributed by atoms with van der Waals surface area (Å²) in [6.45, 7) is 2.48. The second-order valence-electron chi connectivity index (χ2n) is 5.39. The predicted octanol–water partition coefficient (Wildman–Crippen LogP) is 1.05. The van der Waals surface area contributed by atoms with Crippen LogP contribution in [0.4, 0.5) is 0 Å². The van der Waals surface area contributed by atoms with Crippen LogP contribution < -0.4 is 5.32 Å². The van der Waals surface area contributed by atoms with E-state index in [2.05, 4.69) is 15.6 Å². The van der Waals surface area contributed by atoms with E-state index < -0.39 is 24.0 Å². The number of hydrogen-bond acceptors (Lipinski definition) is 5. The third-order valence-electron chi connectivity index (χ3n) is 3.42. The summed E-state index contributed by atoms with van der Waals surface area (Å²) < 4.78 is 1.50. The molecule has 0 aliphatic rings. The lowest BCUT2D eigenvalue weighted by Gasteiger charge is -2.17. The third-order valence-corrected chi connectivity index (χ3v) is 3.65. The molecule has 0 aliphatic carbocycles. The number of halogens is 1. The summed E-state index contributed by atoms with van der Waals surface area (Å²) in [5.41, 5.74) is -0.794. The van der Waals surface area contributed by atoms with E-state index in [1.54, 1.807) is 24.3 Å². The first-order valence-electron chi connectivity index (χ1n) is 7.20. The maximum absolute atomic E-state index is 12.2. The fourth-order valence-corrected chi connectivity index (χ4v) is 2.21. The molecule has 9 heteroatoms. The Balaban J connectivity index is 2.26. The Morgan fingerprint density at radius 2 is 2.12 bits per heavy atom. The number of nitrogens with zero attached hydrogens (tertiary/aromatic N) is 3. The van der Waals surface area contributed by atoms with Gasteiger partial charge in [-0.2, -0.15) is 0 Å². The summed E-state index contributed by atoms with van der Waals surface area (Å²) in [4.78, 5) is 23.1. The van der Waals surface area contributed by atoms with Crippen LogP contribution in [0.25, 0.3) is 5.69 Å². The smallest absolute Gasteiger partial charge is 0.337 e. The van der Waals surface area contributed by atoms with Crippen molar-refractivity contribution in [1.82, 2.24) is 20.3 Å². The van der Waals surface area contributed by atoms with E-state index in [4.69, 9.17) is 16.7 Å². The summed E-state index contributed by atoms with van der Waals surface area (Å²) in [6.07, 6.45) is 0.470. The number of aliphatic hydroxyl groups is 1. The first-order valence-corrected chi connectivity index (χ1v) is 7.58. The molecule has 1 atom stereocenters. The molecule has 24 heavy (non-hydrogen) atoms. The summed E-state index contributed by atoms with van der Waals surface area (Å²) in [5, 5.41) is 29.2. The standard InChI is InChI=1S/C15H17ClN4O4/c1-3-11-12(13(21)17-8-15(2,24)14(22)23)18-19-20(11)10-6-4-5-9(16)7-10/h4-7,24H,3,8H2,1-2H3,(H,17,21)(H,22,23). The summed E-state index contributed by atoms with van der Waals surface area (Å²) in [5.74, 6) is -2.04. The Hall–Kier alpha value is -2.45. The molecule has 8 nitrogen and oxygen atoms in total. The van der Waals surface area contributed by atoms with Crippen LogP contribution in [-0.4, -0.2) is 49.2 Å². The highest BCUT2D eigenvalue weighted by Crippen LogP contribution is 2.18. The molecule has 0 spiro atoms. The molecule has 2 rings (SSSR count). The number of carboxylic acids is 1. The van der Waals surface area contributed by atoms with Gasteiger partial charge in [0.25, 0.3) is 5.91 Å². The van der Waals surface area contributed by atoms with Crippen LogP contribution >= 0.6 is 11.6 Å². The molecule has 0 radical (unpaired) electrons. The highest BCUT2D eigenvalue weighted by Gasteiger charge is 2.31. The average molecular weight is 353 g/mol. The Morgan fingerprint density at radius 1 is 1.42 bits per heavy atom. The van der Waals surface area contributed by atoms with Crippen LogP contribution in [0.1, 0.15) is 30.0 Å². The number of carbonyl (C=O) groups excluding carboxylic acids is 1. The lowest BCUT2D eigenvalue weighted by molar-refractivity contribution is -0.155. The summed E-state index contributed by atoms with van der Waals surface area (Å²) in [6, 6.07) is 6.93. The van der Waals surface area contributed by atoms with Gasteiger partial charge in [-0.15, -0.1) is 5.10 Å². The minimum atomic E-state index is -2.06. The van der Waals surface area contributed by atoms with Crippen molar-refractivity contribution >= 4 is 23.5 Å². The molecule has 1 aromatic heterocycles. The van der Waals surface area contributed by atoms with Gasteiger partial charge in [0.1, 0.15) is 0 Å². The van der Waals surface area contributed by atoms with Crippen molar-refractivity contribution in [2.75, 3.05) is 6.54 Å². The Kier molecular flexibility index (Phi) is 5.20. The monoisotopic (exact) mass is 352 g/mol. The zero-order chi connectivity index (χ0) is 17.9. The Labute approximate surface area is 143 Å².